The van der Waals surface area contributed by atoms with E-state index in [0.29, 0.717) is 17.8 Å². The molecule has 1 aliphatic heterocycles. The van der Waals surface area contributed by atoms with Crippen molar-refractivity contribution in [1.29, 1.82) is 0 Å². The monoisotopic (exact) mass is 254 g/mol. The van der Waals surface area contributed by atoms with Crippen LogP contribution in [0.1, 0.15) is 53.9 Å². The molecule has 3 heteroatoms. The van der Waals surface area contributed by atoms with Gasteiger partial charge in [0.15, 0.2) is 0 Å². The first-order chi connectivity index (χ1) is 8.43. The van der Waals surface area contributed by atoms with Crippen LogP contribution in [0, 0.1) is 17.8 Å². The molecule has 1 aliphatic rings. The third-order valence-corrected chi connectivity index (χ3v) is 4.49. The fourth-order valence-corrected chi connectivity index (χ4v) is 3.08. The SMILES string of the molecule is CCC1(C(=O)NCC(C(C)C)C(C)C)CCCN1. The van der Waals surface area contributed by atoms with E-state index in [4.69, 9.17) is 0 Å². The van der Waals surface area contributed by atoms with Crippen LogP contribution in [0.25, 0.3) is 0 Å². The normalized spacial score (nSPS) is 24.2. The van der Waals surface area contributed by atoms with Crippen molar-refractivity contribution in [3.63, 3.8) is 0 Å². The van der Waals surface area contributed by atoms with Crippen LogP contribution in [-0.4, -0.2) is 24.5 Å². The summed E-state index contributed by atoms with van der Waals surface area (Å²) in [6.07, 6.45) is 2.97. The van der Waals surface area contributed by atoms with Crippen LogP contribution in [0.3, 0.4) is 0 Å². The van der Waals surface area contributed by atoms with Gasteiger partial charge in [-0.1, -0.05) is 34.6 Å². The first kappa shape index (κ1) is 15.5. The van der Waals surface area contributed by atoms with Gasteiger partial charge in [0.05, 0.1) is 5.54 Å². The summed E-state index contributed by atoms with van der Waals surface area (Å²) in [6, 6.07) is 0. The van der Waals surface area contributed by atoms with Gasteiger partial charge in [0.2, 0.25) is 5.91 Å². The summed E-state index contributed by atoms with van der Waals surface area (Å²) in [5.74, 6) is 1.98. The van der Waals surface area contributed by atoms with Gasteiger partial charge in [-0.3, -0.25) is 4.79 Å². The summed E-state index contributed by atoms with van der Waals surface area (Å²) in [5.41, 5.74) is -0.293. The van der Waals surface area contributed by atoms with E-state index < -0.39 is 0 Å². The van der Waals surface area contributed by atoms with E-state index in [1.165, 1.54) is 0 Å². The van der Waals surface area contributed by atoms with Crippen LogP contribution in [0.15, 0.2) is 0 Å². The van der Waals surface area contributed by atoms with Crippen LogP contribution < -0.4 is 10.6 Å². The van der Waals surface area contributed by atoms with Gasteiger partial charge >= 0.3 is 0 Å². The second-order valence-corrected chi connectivity index (χ2v) is 6.33. The standard InChI is InChI=1S/C15H30N2O/c1-6-15(8-7-9-17-15)14(18)16-10-13(11(2)3)12(4)5/h11-13,17H,6-10H2,1-5H3,(H,16,18). The topological polar surface area (TPSA) is 41.1 Å². The van der Waals surface area contributed by atoms with Gasteiger partial charge in [-0.15, -0.1) is 0 Å². The highest BCUT2D eigenvalue weighted by atomic mass is 16.2. The van der Waals surface area contributed by atoms with Crippen molar-refractivity contribution >= 4 is 5.91 Å². The molecule has 1 amide bonds. The molecule has 18 heavy (non-hydrogen) atoms. The Kier molecular flexibility index (Phi) is 5.64. The van der Waals surface area contributed by atoms with Gasteiger partial charge in [-0.05, 0) is 43.6 Å². The second-order valence-electron chi connectivity index (χ2n) is 6.33. The average Bonchev–Trinajstić information content (AvgIpc) is 2.77. The Morgan fingerprint density at radius 2 is 1.89 bits per heavy atom. The molecule has 0 saturated carbocycles. The summed E-state index contributed by atoms with van der Waals surface area (Å²) in [4.78, 5) is 12.4. The maximum atomic E-state index is 12.4. The van der Waals surface area contributed by atoms with Crippen molar-refractivity contribution in [2.24, 2.45) is 17.8 Å². The Morgan fingerprint density at radius 3 is 2.28 bits per heavy atom. The van der Waals surface area contributed by atoms with Crippen molar-refractivity contribution in [3.8, 4) is 0 Å². The lowest BCUT2D eigenvalue weighted by atomic mass is 9.85. The third kappa shape index (κ3) is 3.47. The zero-order valence-corrected chi connectivity index (χ0v) is 12.7. The van der Waals surface area contributed by atoms with E-state index in [1.54, 1.807) is 0 Å². The van der Waals surface area contributed by atoms with Crippen LogP contribution in [0.2, 0.25) is 0 Å². The quantitative estimate of drug-likeness (QED) is 0.765. The molecular weight excluding hydrogens is 224 g/mol. The molecule has 0 aromatic rings. The molecule has 0 aromatic carbocycles. The Labute approximate surface area is 112 Å². The van der Waals surface area contributed by atoms with Crippen LogP contribution in [-0.2, 0) is 4.79 Å². The fourth-order valence-electron chi connectivity index (χ4n) is 3.08. The summed E-state index contributed by atoms with van der Waals surface area (Å²) < 4.78 is 0. The van der Waals surface area contributed by atoms with Gasteiger partial charge in [0.25, 0.3) is 0 Å². The highest BCUT2D eigenvalue weighted by molar-refractivity contribution is 5.86. The highest BCUT2D eigenvalue weighted by Crippen LogP contribution is 2.24. The second kappa shape index (κ2) is 6.55. The minimum atomic E-state index is -0.293. The summed E-state index contributed by atoms with van der Waals surface area (Å²) in [5, 5.41) is 6.57. The molecule has 1 heterocycles. The molecule has 1 atom stereocenters. The minimum absolute atomic E-state index is 0.203. The predicted octanol–water partition coefficient (Wildman–Crippen LogP) is 2.56. The van der Waals surface area contributed by atoms with Crippen LogP contribution in [0.5, 0.6) is 0 Å². The average molecular weight is 254 g/mol. The van der Waals surface area contributed by atoms with Crippen molar-refractivity contribution in [1.82, 2.24) is 10.6 Å². The molecule has 1 rings (SSSR count). The number of nitrogens with one attached hydrogen (secondary N) is 2. The molecule has 0 radical (unpaired) electrons. The maximum absolute atomic E-state index is 12.4. The first-order valence-electron chi connectivity index (χ1n) is 7.46. The number of hydrogen-bond acceptors (Lipinski definition) is 2. The third-order valence-electron chi connectivity index (χ3n) is 4.49. The van der Waals surface area contributed by atoms with E-state index >= 15 is 0 Å². The van der Waals surface area contributed by atoms with Crippen LogP contribution in [0.4, 0.5) is 0 Å². The van der Waals surface area contributed by atoms with E-state index in [1.807, 2.05) is 0 Å². The van der Waals surface area contributed by atoms with E-state index in [-0.39, 0.29) is 11.4 Å². The lowest BCUT2D eigenvalue weighted by molar-refractivity contribution is -0.127. The first-order valence-corrected chi connectivity index (χ1v) is 7.46. The Hall–Kier alpha value is -0.570. The van der Waals surface area contributed by atoms with Crippen molar-refractivity contribution in [3.05, 3.63) is 0 Å². The van der Waals surface area contributed by atoms with E-state index in [2.05, 4.69) is 45.3 Å². The largest absolute Gasteiger partial charge is 0.354 e. The van der Waals surface area contributed by atoms with Gasteiger partial charge in [0, 0.05) is 6.54 Å². The molecule has 0 spiro atoms. The van der Waals surface area contributed by atoms with Gasteiger partial charge < -0.3 is 10.6 Å². The molecule has 3 nitrogen and oxygen atoms in total. The molecule has 2 N–H and O–H groups in total. The van der Waals surface area contributed by atoms with Crippen molar-refractivity contribution < 1.29 is 4.79 Å². The summed E-state index contributed by atoms with van der Waals surface area (Å²) in [6.45, 7) is 12.8. The summed E-state index contributed by atoms with van der Waals surface area (Å²) in [7, 11) is 0. The Morgan fingerprint density at radius 1 is 1.28 bits per heavy atom. The molecule has 0 aromatic heterocycles. The van der Waals surface area contributed by atoms with Gasteiger partial charge in [0.1, 0.15) is 0 Å². The highest BCUT2D eigenvalue weighted by Gasteiger charge is 2.39. The fraction of sp³-hybridized carbons (Fsp3) is 0.933. The molecule has 1 saturated heterocycles. The molecule has 1 fully saturated rings. The smallest absolute Gasteiger partial charge is 0.240 e. The summed E-state index contributed by atoms with van der Waals surface area (Å²) >= 11 is 0. The number of amides is 1. The minimum Gasteiger partial charge on any atom is -0.354 e. The van der Waals surface area contributed by atoms with Crippen LogP contribution >= 0.6 is 0 Å². The predicted molar refractivity (Wildman–Crippen MR) is 76.4 cm³/mol. The molecule has 0 bridgehead atoms. The number of carbonyl (C=O) groups is 1. The van der Waals surface area contributed by atoms with E-state index in [0.717, 1.165) is 32.4 Å². The molecule has 1 unspecified atom stereocenters. The molecule has 0 aliphatic carbocycles. The lowest BCUT2D eigenvalue weighted by Crippen LogP contribution is -2.54. The van der Waals surface area contributed by atoms with E-state index in [9.17, 15) is 4.79 Å². The lowest BCUT2D eigenvalue weighted by Gasteiger charge is -2.30. The van der Waals surface area contributed by atoms with Gasteiger partial charge in [-0.25, -0.2) is 0 Å². The van der Waals surface area contributed by atoms with Crippen molar-refractivity contribution in [2.45, 2.75) is 59.4 Å². The molecule has 106 valence electrons. The van der Waals surface area contributed by atoms with Crippen molar-refractivity contribution in [2.75, 3.05) is 13.1 Å². The zero-order valence-electron chi connectivity index (χ0n) is 12.7. The maximum Gasteiger partial charge on any atom is 0.240 e. The Bertz CT molecular complexity index is 260. The Balaban J connectivity index is 2.54. The van der Waals surface area contributed by atoms with Gasteiger partial charge in [-0.2, -0.15) is 0 Å². The number of rotatable bonds is 6. The zero-order chi connectivity index (χ0) is 13.8. The molecular formula is C15H30N2O. The number of carbonyl (C=O) groups excluding carboxylic acids is 1. The number of hydrogen-bond donors (Lipinski definition) is 2.